The summed E-state index contributed by atoms with van der Waals surface area (Å²) in [5.74, 6) is 0.479. The maximum atomic E-state index is 11.8. The van der Waals surface area contributed by atoms with Gasteiger partial charge in [0, 0.05) is 45.0 Å². The van der Waals surface area contributed by atoms with Gasteiger partial charge in [-0.3, -0.25) is 9.78 Å². The summed E-state index contributed by atoms with van der Waals surface area (Å²) in [7, 11) is 0. The first kappa shape index (κ1) is 26.3. The predicted octanol–water partition coefficient (Wildman–Crippen LogP) is 2.25. The molecule has 3 rings (SSSR count). The van der Waals surface area contributed by atoms with E-state index in [9.17, 15) is 14.7 Å². The number of aryl methyl sites for hydroxylation is 3. The zero-order chi connectivity index (χ0) is 25.0. The average molecular weight is 484 g/mol. The fourth-order valence-electron chi connectivity index (χ4n) is 4.16. The van der Waals surface area contributed by atoms with E-state index < -0.39 is 12.0 Å². The number of hydrogen-bond acceptors (Lipinski definition) is 8. The Morgan fingerprint density at radius 1 is 1.17 bits per heavy atom. The van der Waals surface area contributed by atoms with Crippen molar-refractivity contribution in [3.63, 3.8) is 0 Å². The Hall–Kier alpha value is -3.27. The number of hydrogen-bond donors (Lipinski definition) is 4. The highest BCUT2D eigenvalue weighted by atomic mass is 16.4. The molecule has 0 aliphatic carbocycles. The SMILES string of the molecule is CC(=O)NCCN(CCCCc1ccc2c(n1)NCCC2)CCC(Nc1cncc(C)n1)C(=O)O. The molecule has 4 N–H and O–H groups in total. The number of unbranched alkanes of at least 4 members (excludes halogenated alkanes) is 1. The number of aliphatic carboxylic acids is 1. The summed E-state index contributed by atoms with van der Waals surface area (Å²) < 4.78 is 0. The number of nitrogens with one attached hydrogen (secondary N) is 3. The number of carbonyl (C=O) groups excluding carboxylic acids is 1. The summed E-state index contributed by atoms with van der Waals surface area (Å²) in [6.07, 6.45) is 8.65. The topological polar surface area (TPSA) is 132 Å². The molecular formula is C25H37N7O3. The molecule has 0 fully saturated rings. The molecular weight excluding hydrogens is 446 g/mol. The number of carbonyl (C=O) groups is 2. The van der Waals surface area contributed by atoms with Crippen LogP contribution in [0.2, 0.25) is 0 Å². The lowest BCUT2D eigenvalue weighted by molar-refractivity contribution is -0.138. The number of pyridine rings is 1. The molecule has 0 aromatic carbocycles. The van der Waals surface area contributed by atoms with Crippen LogP contribution >= 0.6 is 0 Å². The first-order valence-electron chi connectivity index (χ1n) is 12.4. The van der Waals surface area contributed by atoms with Crippen molar-refractivity contribution in [3.8, 4) is 0 Å². The van der Waals surface area contributed by atoms with Crippen LogP contribution in [-0.4, -0.2) is 75.6 Å². The van der Waals surface area contributed by atoms with E-state index in [0.29, 0.717) is 31.9 Å². The van der Waals surface area contributed by atoms with Gasteiger partial charge in [0.15, 0.2) is 0 Å². The number of carboxylic acids is 1. The lowest BCUT2D eigenvalue weighted by atomic mass is 10.1. The molecule has 10 nitrogen and oxygen atoms in total. The Morgan fingerprint density at radius 3 is 2.80 bits per heavy atom. The molecule has 190 valence electrons. The van der Waals surface area contributed by atoms with Gasteiger partial charge >= 0.3 is 5.97 Å². The minimum absolute atomic E-state index is 0.0693. The molecule has 10 heteroatoms. The number of rotatable bonds is 14. The van der Waals surface area contributed by atoms with E-state index in [2.05, 4.69) is 43.0 Å². The van der Waals surface area contributed by atoms with Crippen LogP contribution in [0.4, 0.5) is 11.6 Å². The summed E-state index contributed by atoms with van der Waals surface area (Å²) >= 11 is 0. The van der Waals surface area contributed by atoms with Crippen molar-refractivity contribution >= 4 is 23.5 Å². The second kappa shape index (κ2) is 13.6. The molecule has 0 saturated carbocycles. The van der Waals surface area contributed by atoms with Crippen molar-refractivity contribution in [1.29, 1.82) is 0 Å². The first-order chi connectivity index (χ1) is 16.9. The molecule has 1 unspecified atom stereocenters. The second-order valence-corrected chi connectivity index (χ2v) is 8.99. The number of carboxylic acid groups (broad SMARTS) is 1. The van der Waals surface area contributed by atoms with E-state index in [1.165, 1.54) is 18.7 Å². The first-order valence-corrected chi connectivity index (χ1v) is 12.4. The van der Waals surface area contributed by atoms with Crippen LogP contribution in [0.5, 0.6) is 0 Å². The number of amides is 1. The molecule has 35 heavy (non-hydrogen) atoms. The smallest absolute Gasteiger partial charge is 0.326 e. The van der Waals surface area contributed by atoms with Crippen molar-refractivity contribution in [2.24, 2.45) is 0 Å². The largest absolute Gasteiger partial charge is 0.480 e. The third kappa shape index (κ3) is 9.12. The van der Waals surface area contributed by atoms with Gasteiger partial charge in [-0.25, -0.2) is 14.8 Å². The van der Waals surface area contributed by atoms with Gasteiger partial charge < -0.3 is 26.0 Å². The van der Waals surface area contributed by atoms with Gasteiger partial charge in [0.2, 0.25) is 5.91 Å². The Bertz CT molecular complexity index is 985. The van der Waals surface area contributed by atoms with Gasteiger partial charge in [0.1, 0.15) is 17.7 Å². The van der Waals surface area contributed by atoms with Crippen LogP contribution in [-0.2, 0) is 22.4 Å². The highest BCUT2D eigenvalue weighted by Crippen LogP contribution is 2.20. The van der Waals surface area contributed by atoms with Crippen LogP contribution in [0.3, 0.4) is 0 Å². The maximum Gasteiger partial charge on any atom is 0.326 e. The molecule has 1 atom stereocenters. The molecule has 2 aromatic heterocycles. The number of anilines is 2. The van der Waals surface area contributed by atoms with Gasteiger partial charge in [-0.1, -0.05) is 6.07 Å². The van der Waals surface area contributed by atoms with Crippen molar-refractivity contribution in [3.05, 3.63) is 41.5 Å². The van der Waals surface area contributed by atoms with E-state index in [1.807, 2.05) is 6.92 Å². The van der Waals surface area contributed by atoms with Gasteiger partial charge in [0.05, 0.1) is 11.9 Å². The van der Waals surface area contributed by atoms with E-state index in [4.69, 9.17) is 4.98 Å². The fourth-order valence-corrected chi connectivity index (χ4v) is 4.16. The summed E-state index contributed by atoms with van der Waals surface area (Å²) in [5.41, 5.74) is 3.11. The standard InChI is InChI=1S/C25H37N7O3/c1-18-16-26-17-23(29-18)31-22(25(34)35)10-14-32(15-12-27-19(2)33)13-4-3-7-21-9-8-20-6-5-11-28-24(20)30-21/h8-9,16-17,22H,3-7,10-15H2,1-2H3,(H,27,33)(H,28,30)(H,29,31)(H,34,35). The zero-order valence-corrected chi connectivity index (χ0v) is 20.7. The average Bonchev–Trinajstić information content (AvgIpc) is 2.83. The molecule has 1 aliphatic rings. The van der Waals surface area contributed by atoms with E-state index in [-0.39, 0.29) is 5.91 Å². The number of aromatic nitrogens is 3. The second-order valence-electron chi connectivity index (χ2n) is 8.99. The third-order valence-corrected chi connectivity index (χ3v) is 6.02. The Balaban J connectivity index is 1.49. The predicted molar refractivity (Wildman–Crippen MR) is 136 cm³/mol. The van der Waals surface area contributed by atoms with Gasteiger partial charge in [-0.15, -0.1) is 0 Å². The van der Waals surface area contributed by atoms with Gasteiger partial charge in [-0.05, 0) is 63.6 Å². The van der Waals surface area contributed by atoms with E-state index in [1.54, 1.807) is 6.20 Å². The molecule has 3 heterocycles. The quantitative estimate of drug-likeness (QED) is 0.299. The summed E-state index contributed by atoms with van der Waals surface area (Å²) in [4.78, 5) is 38.5. The fraction of sp³-hybridized carbons (Fsp3) is 0.560. The highest BCUT2D eigenvalue weighted by molar-refractivity contribution is 5.76. The van der Waals surface area contributed by atoms with Crippen molar-refractivity contribution in [2.75, 3.05) is 43.4 Å². The lowest BCUT2D eigenvalue weighted by Gasteiger charge is -2.24. The molecule has 0 spiro atoms. The number of fused-ring (bicyclic) bond motifs is 1. The van der Waals surface area contributed by atoms with Crippen LogP contribution in [0.1, 0.15) is 49.6 Å². The van der Waals surface area contributed by atoms with Crippen LogP contribution in [0, 0.1) is 6.92 Å². The summed E-state index contributed by atoms with van der Waals surface area (Å²) in [5, 5.41) is 18.9. The van der Waals surface area contributed by atoms with Gasteiger partial charge in [-0.2, -0.15) is 0 Å². The Morgan fingerprint density at radius 2 is 2.03 bits per heavy atom. The maximum absolute atomic E-state index is 11.8. The third-order valence-electron chi connectivity index (χ3n) is 6.02. The molecule has 0 bridgehead atoms. The lowest BCUT2D eigenvalue weighted by Crippen LogP contribution is -2.39. The van der Waals surface area contributed by atoms with Crippen molar-refractivity contribution < 1.29 is 14.7 Å². The minimum atomic E-state index is -0.929. The summed E-state index contributed by atoms with van der Waals surface area (Å²) in [6.45, 7) is 6.89. The minimum Gasteiger partial charge on any atom is -0.480 e. The van der Waals surface area contributed by atoms with Crippen LogP contribution in [0.15, 0.2) is 24.5 Å². The van der Waals surface area contributed by atoms with Crippen molar-refractivity contribution in [2.45, 2.75) is 58.4 Å². The Kier molecular flexibility index (Phi) is 10.2. The number of nitrogens with zero attached hydrogens (tertiary/aromatic N) is 4. The van der Waals surface area contributed by atoms with E-state index in [0.717, 1.165) is 62.4 Å². The highest BCUT2D eigenvalue weighted by Gasteiger charge is 2.19. The molecule has 2 aromatic rings. The monoisotopic (exact) mass is 483 g/mol. The van der Waals surface area contributed by atoms with Crippen molar-refractivity contribution in [1.82, 2.24) is 25.2 Å². The zero-order valence-electron chi connectivity index (χ0n) is 20.7. The van der Waals surface area contributed by atoms with Crippen LogP contribution < -0.4 is 16.0 Å². The van der Waals surface area contributed by atoms with Gasteiger partial charge in [0.25, 0.3) is 0 Å². The normalized spacial score (nSPS) is 13.6. The summed E-state index contributed by atoms with van der Waals surface area (Å²) in [6, 6.07) is 3.53. The molecule has 0 saturated heterocycles. The molecule has 1 aliphatic heterocycles. The Labute approximate surface area is 207 Å². The van der Waals surface area contributed by atoms with E-state index >= 15 is 0 Å². The molecule has 1 amide bonds. The van der Waals surface area contributed by atoms with Crippen LogP contribution in [0.25, 0.3) is 0 Å². The molecule has 0 radical (unpaired) electrons.